The Bertz CT molecular complexity index is 267. The third kappa shape index (κ3) is 4.75. The van der Waals surface area contributed by atoms with Crippen LogP contribution >= 0.6 is 0 Å². The van der Waals surface area contributed by atoms with Crippen molar-refractivity contribution < 1.29 is 9.53 Å². The molecule has 1 N–H and O–H groups in total. The lowest BCUT2D eigenvalue weighted by atomic mass is 10.1. The van der Waals surface area contributed by atoms with Gasteiger partial charge < -0.3 is 15.0 Å². The number of carbonyl (C=O) groups excluding carboxylic acids is 1. The second-order valence-electron chi connectivity index (χ2n) is 5.24. The molecule has 19 heavy (non-hydrogen) atoms. The number of nitrogens with one attached hydrogen (secondary N) is 1. The topological polar surface area (TPSA) is 44.8 Å². The van der Waals surface area contributed by atoms with Crippen LogP contribution in [0.5, 0.6) is 0 Å². The summed E-state index contributed by atoms with van der Waals surface area (Å²) >= 11 is 0. The van der Waals surface area contributed by atoms with Crippen LogP contribution in [-0.2, 0) is 9.53 Å². The molecule has 5 heteroatoms. The number of hydrogen-bond acceptors (Lipinski definition) is 4. The lowest BCUT2D eigenvalue weighted by molar-refractivity contribution is -0.139. The second-order valence-corrected chi connectivity index (χ2v) is 5.24. The van der Waals surface area contributed by atoms with Crippen molar-refractivity contribution in [2.45, 2.75) is 39.3 Å². The summed E-state index contributed by atoms with van der Waals surface area (Å²) in [7, 11) is 1.68. The third-order valence-corrected chi connectivity index (χ3v) is 4.00. The first-order valence-electron chi connectivity index (χ1n) is 7.36. The number of ether oxygens (including phenoxy) is 1. The maximum atomic E-state index is 12.7. The van der Waals surface area contributed by atoms with E-state index in [-0.39, 0.29) is 18.0 Å². The lowest BCUT2D eigenvalue weighted by Crippen LogP contribution is -2.55. The van der Waals surface area contributed by atoms with Crippen LogP contribution in [0.1, 0.15) is 27.2 Å². The van der Waals surface area contributed by atoms with E-state index in [9.17, 15) is 4.79 Å². The van der Waals surface area contributed by atoms with Crippen molar-refractivity contribution in [2.75, 3.05) is 46.4 Å². The molecule has 0 aromatic heterocycles. The first-order valence-corrected chi connectivity index (χ1v) is 7.36. The van der Waals surface area contributed by atoms with Crippen LogP contribution < -0.4 is 5.32 Å². The Labute approximate surface area is 117 Å². The van der Waals surface area contributed by atoms with Crippen molar-refractivity contribution in [3.05, 3.63) is 0 Å². The zero-order chi connectivity index (χ0) is 14.3. The van der Waals surface area contributed by atoms with Crippen molar-refractivity contribution in [3.8, 4) is 0 Å². The molecule has 0 aromatic rings. The van der Waals surface area contributed by atoms with Crippen LogP contribution in [0.15, 0.2) is 0 Å². The normalized spacial score (nSPS) is 20.0. The maximum absolute atomic E-state index is 12.7. The van der Waals surface area contributed by atoms with E-state index < -0.39 is 0 Å². The zero-order valence-corrected chi connectivity index (χ0v) is 12.8. The standard InChI is InChI=1S/C14H29N3O2/c1-5-12(2)17(10-11-19-4)14(18)13(3)16-8-6-15-7-9-16/h12-13,15H,5-11H2,1-4H3. The largest absolute Gasteiger partial charge is 0.383 e. The predicted octanol–water partition coefficient (Wildman–Crippen LogP) is 0.554. The van der Waals surface area contributed by atoms with Gasteiger partial charge in [-0.1, -0.05) is 6.92 Å². The number of hydrogen-bond donors (Lipinski definition) is 1. The maximum Gasteiger partial charge on any atom is 0.239 e. The Kier molecular flexibility index (Phi) is 7.34. The fourth-order valence-corrected chi connectivity index (χ4v) is 2.42. The van der Waals surface area contributed by atoms with E-state index in [4.69, 9.17) is 4.74 Å². The van der Waals surface area contributed by atoms with Gasteiger partial charge >= 0.3 is 0 Å². The predicted molar refractivity (Wildman–Crippen MR) is 77.2 cm³/mol. The van der Waals surface area contributed by atoms with Crippen LogP contribution in [-0.4, -0.2) is 74.2 Å². The Balaban J connectivity index is 2.62. The summed E-state index contributed by atoms with van der Waals surface area (Å²) in [5, 5.41) is 3.32. The summed E-state index contributed by atoms with van der Waals surface area (Å²) in [6.07, 6.45) is 0.976. The van der Waals surface area contributed by atoms with Crippen molar-refractivity contribution in [2.24, 2.45) is 0 Å². The molecule has 2 unspecified atom stereocenters. The molecule has 1 heterocycles. The molecule has 1 aliphatic heterocycles. The summed E-state index contributed by atoms with van der Waals surface area (Å²) in [5.41, 5.74) is 0. The fraction of sp³-hybridized carbons (Fsp3) is 0.929. The molecule has 2 atom stereocenters. The quantitative estimate of drug-likeness (QED) is 0.735. The van der Waals surface area contributed by atoms with E-state index in [0.717, 1.165) is 32.6 Å². The molecule has 5 nitrogen and oxygen atoms in total. The highest BCUT2D eigenvalue weighted by atomic mass is 16.5. The molecule has 0 radical (unpaired) electrons. The number of methoxy groups -OCH3 is 1. The van der Waals surface area contributed by atoms with Crippen LogP contribution in [0.2, 0.25) is 0 Å². The van der Waals surface area contributed by atoms with Crippen molar-refractivity contribution in [3.63, 3.8) is 0 Å². The molecule has 0 spiro atoms. The smallest absolute Gasteiger partial charge is 0.239 e. The molecule has 1 saturated heterocycles. The highest BCUT2D eigenvalue weighted by Gasteiger charge is 2.28. The minimum atomic E-state index is -0.0343. The molecule has 0 bridgehead atoms. The molecular formula is C14H29N3O2. The Morgan fingerprint density at radius 2 is 2.00 bits per heavy atom. The van der Waals surface area contributed by atoms with Crippen molar-refractivity contribution in [1.82, 2.24) is 15.1 Å². The summed E-state index contributed by atoms with van der Waals surface area (Å²) in [6.45, 7) is 11.4. The van der Waals surface area contributed by atoms with Crippen molar-refractivity contribution in [1.29, 1.82) is 0 Å². The van der Waals surface area contributed by atoms with Gasteiger partial charge in [-0.3, -0.25) is 9.69 Å². The number of rotatable bonds is 7. The number of piperazine rings is 1. The molecule has 1 fully saturated rings. The highest BCUT2D eigenvalue weighted by Crippen LogP contribution is 2.10. The lowest BCUT2D eigenvalue weighted by Gasteiger charge is -2.37. The van der Waals surface area contributed by atoms with E-state index in [1.165, 1.54) is 0 Å². The average molecular weight is 271 g/mol. The SMILES string of the molecule is CCC(C)N(CCOC)C(=O)C(C)N1CCNCC1. The first kappa shape index (κ1) is 16.4. The van der Waals surface area contributed by atoms with E-state index in [1.807, 2.05) is 11.8 Å². The monoisotopic (exact) mass is 271 g/mol. The van der Waals surface area contributed by atoms with Gasteiger partial charge in [0.25, 0.3) is 0 Å². The van der Waals surface area contributed by atoms with Gasteiger partial charge in [0.05, 0.1) is 12.6 Å². The van der Waals surface area contributed by atoms with Crippen molar-refractivity contribution >= 4 is 5.91 Å². The summed E-state index contributed by atoms with van der Waals surface area (Å²) in [5.74, 6) is 0.230. The van der Waals surface area contributed by atoms with Gasteiger partial charge in [0.2, 0.25) is 5.91 Å². The van der Waals surface area contributed by atoms with E-state index in [2.05, 4.69) is 24.1 Å². The van der Waals surface area contributed by atoms with Gasteiger partial charge in [0, 0.05) is 45.9 Å². The molecule has 0 aromatic carbocycles. The van der Waals surface area contributed by atoms with Gasteiger partial charge in [-0.25, -0.2) is 0 Å². The Hall–Kier alpha value is -0.650. The third-order valence-electron chi connectivity index (χ3n) is 4.00. The van der Waals surface area contributed by atoms with Crippen LogP contribution in [0, 0.1) is 0 Å². The molecular weight excluding hydrogens is 242 g/mol. The van der Waals surface area contributed by atoms with Gasteiger partial charge in [-0.05, 0) is 20.3 Å². The van der Waals surface area contributed by atoms with Gasteiger partial charge in [-0.15, -0.1) is 0 Å². The van der Waals surface area contributed by atoms with Crippen LogP contribution in [0.4, 0.5) is 0 Å². The van der Waals surface area contributed by atoms with Gasteiger partial charge in [0.1, 0.15) is 0 Å². The molecule has 1 rings (SSSR count). The molecule has 1 aliphatic rings. The molecule has 112 valence electrons. The van der Waals surface area contributed by atoms with Crippen LogP contribution in [0.3, 0.4) is 0 Å². The summed E-state index contributed by atoms with van der Waals surface area (Å²) < 4.78 is 5.12. The van der Waals surface area contributed by atoms with E-state index in [1.54, 1.807) is 7.11 Å². The number of carbonyl (C=O) groups is 1. The first-order chi connectivity index (χ1) is 9.11. The molecule has 0 saturated carbocycles. The fourth-order valence-electron chi connectivity index (χ4n) is 2.42. The van der Waals surface area contributed by atoms with Gasteiger partial charge in [0.15, 0.2) is 0 Å². The molecule has 0 aliphatic carbocycles. The van der Waals surface area contributed by atoms with E-state index in [0.29, 0.717) is 13.2 Å². The van der Waals surface area contributed by atoms with Gasteiger partial charge in [-0.2, -0.15) is 0 Å². The second kappa shape index (κ2) is 8.51. The summed E-state index contributed by atoms with van der Waals surface area (Å²) in [6, 6.07) is 0.237. The number of amides is 1. The summed E-state index contributed by atoms with van der Waals surface area (Å²) in [4.78, 5) is 16.9. The Morgan fingerprint density at radius 3 is 2.53 bits per heavy atom. The minimum absolute atomic E-state index is 0.0343. The zero-order valence-electron chi connectivity index (χ0n) is 12.8. The van der Waals surface area contributed by atoms with E-state index >= 15 is 0 Å². The molecule has 1 amide bonds. The highest BCUT2D eigenvalue weighted by molar-refractivity contribution is 5.81. The number of nitrogens with zero attached hydrogens (tertiary/aromatic N) is 2. The Morgan fingerprint density at radius 1 is 1.37 bits per heavy atom. The minimum Gasteiger partial charge on any atom is -0.383 e. The van der Waals surface area contributed by atoms with Crippen LogP contribution in [0.25, 0.3) is 0 Å². The average Bonchev–Trinajstić information content (AvgIpc) is 2.47.